The third kappa shape index (κ3) is 2.90. The van der Waals surface area contributed by atoms with Crippen LogP contribution in [0.25, 0.3) is 54.2 Å². The van der Waals surface area contributed by atoms with Gasteiger partial charge in [-0.1, -0.05) is 97.1 Å². The molecule has 0 aliphatic heterocycles. The molecule has 0 aliphatic rings. The van der Waals surface area contributed by atoms with Gasteiger partial charge in [0.25, 0.3) is 0 Å². The van der Waals surface area contributed by atoms with Crippen LogP contribution in [-0.4, -0.2) is 0 Å². The molecule has 0 spiro atoms. The smallest absolute Gasteiger partial charge is 0.138 e. The number of halogens is 1. The quantitative estimate of drug-likeness (QED) is 0.143. The Balaban J connectivity index is 0.00000105. The number of rotatable bonds is 1. The first-order valence-electron chi connectivity index (χ1n) is 10.7. The second-order valence-electron chi connectivity index (χ2n) is 7.92. The normalized spacial score (nSPS) is 11.1. The summed E-state index contributed by atoms with van der Waals surface area (Å²) in [6, 6.07) is 33.0. The zero-order chi connectivity index (χ0) is 22.2. The number of fused-ring (bicyclic) bond motifs is 5. The van der Waals surface area contributed by atoms with Crippen LogP contribution in [-0.2, 0) is 0 Å². The van der Waals surface area contributed by atoms with E-state index >= 15 is 4.39 Å². The first kappa shape index (κ1) is 20.0. The summed E-state index contributed by atoms with van der Waals surface area (Å²) < 4.78 is 15.3. The number of hydrogen-bond donors (Lipinski definition) is 0. The molecular weight excluding hydrogens is 391 g/mol. The maximum atomic E-state index is 15.3. The summed E-state index contributed by atoms with van der Waals surface area (Å²) in [4.78, 5) is 0. The van der Waals surface area contributed by atoms with E-state index in [0.29, 0.717) is 10.8 Å². The highest BCUT2D eigenvalue weighted by Crippen LogP contribution is 2.42. The first-order chi connectivity index (χ1) is 15.7. The predicted molar refractivity (Wildman–Crippen MR) is 138 cm³/mol. The van der Waals surface area contributed by atoms with Crippen molar-refractivity contribution >= 4 is 43.1 Å². The zero-order valence-corrected chi connectivity index (χ0v) is 18.0. The fourth-order valence-electron chi connectivity index (χ4n) is 4.87. The van der Waals surface area contributed by atoms with Crippen molar-refractivity contribution in [2.75, 3.05) is 0 Å². The lowest BCUT2D eigenvalue weighted by atomic mass is 9.88. The van der Waals surface area contributed by atoms with Crippen LogP contribution in [0.4, 0.5) is 4.39 Å². The number of hydrogen-bond acceptors (Lipinski definition) is 0. The molecule has 0 unspecified atom stereocenters. The lowest BCUT2D eigenvalue weighted by Crippen LogP contribution is -1.91. The summed E-state index contributed by atoms with van der Waals surface area (Å²) in [5.41, 5.74) is 3.51. The van der Waals surface area contributed by atoms with Crippen LogP contribution in [0.5, 0.6) is 0 Å². The van der Waals surface area contributed by atoms with Crippen LogP contribution in [0, 0.1) is 12.7 Å². The molecule has 0 amide bonds. The van der Waals surface area contributed by atoms with Gasteiger partial charge in [0.2, 0.25) is 0 Å². The molecule has 0 heterocycles. The number of aryl methyl sites for hydroxylation is 1. The Labute approximate surface area is 187 Å². The molecule has 32 heavy (non-hydrogen) atoms. The maximum Gasteiger partial charge on any atom is 0.138 e. The molecule has 0 nitrogen and oxygen atoms in total. The van der Waals surface area contributed by atoms with Gasteiger partial charge in [0.1, 0.15) is 5.82 Å². The summed E-state index contributed by atoms with van der Waals surface area (Å²) in [7, 11) is 0. The summed E-state index contributed by atoms with van der Waals surface area (Å²) in [5.74, 6) is -0.147. The molecule has 0 saturated carbocycles. The van der Waals surface area contributed by atoms with Gasteiger partial charge in [-0.25, -0.2) is 4.39 Å². The molecule has 0 radical (unpaired) electrons. The molecule has 0 atom stereocenters. The van der Waals surface area contributed by atoms with E-state index in [0.717, 1.165) is 21.9 Å². The van der Waals surface area contributed by atoms with Gasteiger partial charge in [-0.15, -0.1) is 13.2 Å². The van der Waals surface area contributed by atoms with E-state index in [1.807, 2.05) is 48.5 Å². The van der Waals surface area contributed by atoms with Crippen LogP contribution in [0.3, 0.4) is 0 Å². The van der Waals surface area contributed by atoms with Gasteiger partial charge in [-0.3, -0.25) is 0 Å². The molecule has 0 aliphatic carbocycles. The van der Waals surface area contributed by atoms with E-state index in [1.165, 1.54) is 27.1 Å². The van der Waals surface area contributed by atoms with Gasteiger partial charge in [0.15, 0.2) is 0 Å². The lowest BCUT2D eigenvalue weighted by Gasteiger charge is -2.16. The molecule has 6 aromatic carbocycles. The van der Waals surface area contributed by atoms with Crippen molar-refractivity contribution in [3.8, 4) is 11.1 Å². The minimum Gasteiger partial charge on any atom is -0.206 e. The molecule has 6 rings (SSSR count). The average Bonchev–Trinajstić information content (AvgIpc) is 2.86. The van der Waals surface area contributed by atoms with Gasteiger partial charge < -0.3 is 0 Å². The highest BCUT2D eigenvalue weighted by atomic mass is 19.1. The minimum atomic E-state index is -0.147. The highest BCUT2D eigenvalue weighted by Gasteiger charge is 2.17. The van der Waals surface area contributed by atoms with Crippen molar-refractivity contribution in [2.45, 2.75) is 6.92 Å². The molecule has 0 N–H and O–H groups in total. The van der Waals surface area contributed by atoms with Crippen LogP contribution in [0.2, 0.25) is 0 Å². The van der Waals surface area contributed by atoms with Gasteiger partial charge in [-0.2, -0.15) is 0 Å². The molecule has 0 saturated heterocycles. The monoisotopic (exact) mass is 414 g/mol. The van der Waals surface area contributed by atoms with Crippen molar-refractivity contribution in [1.82, 2.24) is 0 Å². The van der Waals surface area contributed by atoms with Crippen LogP contribution in [0.15, 0.2) is 110 Å². The fraction of sp³-hybridized carbons (Fsp3) is 0.0323. The van der Waals surface area contributed by atoms with Crippen LogP contribution < -0.4 is 0 Å². The molecule has 0 fully saturated rings. The van der Waals surface area contributed by atoms with Gasteiger partial charge >= 0.3 is 0 Å². The Morgan fingerprint density at radius 2 is 0.938 bits per heavy atom. The van der Waals surface area contributed by atoms with Crippen molar-refractivity contribution in [2.24, 2.45) is 0 Å². The molecule has 0 bridgehead atoms. The molecule has 6 aromatic rings. The van der Waals surface area contributed by atoms with E-state index in [-0.39, 0.29) is 5.82 Å². The second-order valence-corrected chi connectivity index (χ2v) is 7.92. The first-order valence-corrected chi connectivity index (χ1v) is 10.7. The van der Waals surface area contributed by atoms with Crippen LogP contribution in [0.1, 0.15) is 5.56 Å². The Hall–Kier alpha value is -3.97. The van der Waals surface area contributed by atoms with E-state index in [2.05, 4.69) is 68.6 Å². The largest absolute Gasteiger partial charge is 0.206 e. The SMILES string of the molecule is C=C.Cc1cccc2c1ccc1c(-c3c4ccccc4c(F)c4ccccc34)cccc12. The van der Waals surface area contributed by atoms with E-state index in [9.17, 15) is 0 Å². The molecule has 154 valence electrons. The Morgan fingerprint density at radius 1 is 0.469 bits per heavy atom. The highest BCUT2D eigenvalue weighted by molar-refractivity contribution is 6.20. The standard InChI is InChI=1S/C29H19F.C2H4/c1-18-8-6-13-20-19(18)16-17-22-21(20)14-7-15-23(22)28-24-9-2-4-11-26(24)29(30)27-12-5-3-10-25(27)28;1-2/h2-17H,1H3;1-2H2. The summed E-state index contributed by atoms with van der Waals surface area (Å²) >= 11 is 0. The Kier molecular flexibility index (Phi) is 4.95. The Morgan fingerprint density at radius 3 is 1.56 bits per heavy atom. The summed E-state index contributed by atoms with van der Waals surface area (Å²) in [5, 5.41) is 8.18. The third-order valence-electron chi connectivity index (χ3n) is 6.27. The van der Waals surface area contributed by atoms with Crippen LogP contribution >= 0.6 is 0 Å². The predicted octanol–water partition coefficient (Wildman–Crippen LogP) is 9.22. The van der Waals surface area contributed by atoms with Gasteiger partial charge in [0.05, 0.1) is 0 Å². The minimum absolute atomic E-state index is 0.147. The van der Waals surface area contributed by atoms with E-state index < -0.39 is 0 Å². The summed E-state index contributed by atoms with van der Waals surface area (Å²) in [6.07, 6.45) is 0. The lowest BCUT2D eigenvalue weighted by molar-refractivity contribution is 0.651. The van der Waals surface area contributed by atoms with Crippen molar-refractivity contribution in [3.63, 3.8) is 0 Å². The van der Waals surface area contributed by atoms with Gasteiger partial charge in [-0.05, 0) is 55.9 Å². The van der Waals surface area contributed by atoms with E-state index in [1.54, 1.807) is 0 Å². The second kappa shape index (κ2) is 7.94. The summed E-state index contributed by atoms with van der Waals surface area (Å²) in [6.45, 7) is 8.15. The third-order valence-corrected chi connectivity index (χ3v) is 6.27. The molecular formula is C31H23F. The molecule has 1 heteroatoms. The fourth-order valence-corrected chi connectivity index (χ4v) is 4.87. The maximum absolute atomic E-state index is 15.3. The van der Waals surface area contributed by atoms with Gasteiger partial charge in [0, 0.05) is 10.8 Å². The van der Waals surface area contributed by atoms with Crippen molar-refractivity contribution < 1.29 is 4.39 Å². The molecule has 0 aromatic heterocycles. The van der Waals surface area contributed by atoms with E-state index in [4.69, 9.17) is 0 Å². The number of benzene rings is 6. The van der Waals surface area contributed by atoms with Crippen molar-refractivity contribution in [1.29, 1.82) is 0 Å². The van der Waals surface area contributed by atoms with Crippen molar-refractivity contribution in [3.05, 3.63) is 122 Å². The Bertz CT molecular complexity index is 1570. The zero-order valence-electron chi connectivity index (χ0n) is 18.0. The average molecular weight is 415 g/mol. The topological polar surface area (TPSA) is 0 Å².